The number of hydrogen-bond donors (Lipinski definition) is 2. The van der Waals surface area contributed by atoms with Gasteiger partial charge in [-0.1, -0.05) is 0 Å². The van der Waals surface area contributed by atoms with Crippen molar-refractivity contribution in [1.29, 1.82) is 0 Å². The van der Waals surface area contributed by atoms with Crippen molar-refractivity contribution in [2.45, 2.75) is 37.0 Å². The Morgan fingerprint density at radius 1 is 1.24 bits per heavy atom. The molecule has 5 heteroatoms. The van der Waals surface area contributed by atoms with E-state index in [1.54, 1.807) is 11.8 Å². The van der Waals surface area contributed by atoms with Gasteiger partial charge in [0.05, 0.1) is 5.25 Å². The lowest BCUT2D eigenvalue weighted by Crippen LogP contribution is -2.22. The summed E-state index contributed by atoms with van der Waals surface area (Å²) in [6, 6.07) is 11.6. The van der Waals surface area contributed by atoms with E-state index >= 15 is 0 Å². The molecule has 0 saturated carbocycles. The molecule has 0 aliphatic heterocycles. The van der Waals surface area contributed by atoms with E-state index in [0.29, 0.717) is 0 Å². The summed E-state index contributed by atoms with van der Waals surface area (Å²) >= 11 is 1.66. The summed E-state index contributed by atoms with van der Waals surface area (Å²) in [7, 11) is 0. The summed E-state index contributed by atoms with van der Waals surface area (Å²) in [5, 5.41) is 2.81. The molecule has 1 amide bonds. The molecule has 4 nitrogen and oxygen atoms in total. The molecule has 0 aliphatic carbocycles. The van der Waals surface area contributed by atoms with Gasteiger partial charge < -0.3 is 15.5 Å². The van der Waals surface area contributed by atoms with Crippen molar-refractivity contribution in [3.05, 3.63) is 47.9 Å². The normalized spacial score (nSPS) is 13.7. The molecule has 21 heavy (non-hydrogen) atoms. The quantitative estimate of drug-likeness (QED) is 0.826. The van der Waals surface area contributed by atoms with Crippen molar-refractivity contribution in [1.82, 2.24) is 0 Å². The third-order valence-corrected chi connectivity index (χ3v) is 4.42. The van der Waals surface area contributed by atoms with Crippen LogP contribution in [0.3, 0.4) is 0 Å². The molecule has 0 spiro atoms. The van der Waals surface area contributed by atoms with Crippen molar-refractivity contribution in [3.8, 4) is 0 Å². The molecule has 1 heterocycles. The highest BCUT2D eigenvalue weighted by Crippen LogP contribution is 2.38. The van der Waals surface area contributed by atoms with Gasteiger partial charge in [-0.25, -0.2) is 0 Å². The minimum Gasteiger partial charge on any atom is -0.465 e. The van der Waals surface area contributed by atoms with Gasteiger partial charge in [-0.15, -0.1) is 11.8 Å². The number of hydrogen-bond acceptors (Lipinski definition) is 4. The van der Waals surface area contributed by atoms with Gasteiger partial charge in [-0.3, -0.25) is 4.79 Å². The van der Waals surface area contributed by atoms with Gasteiger partial charge in [0.2, 0.25) is 5.91 Å². The van der Waals surface area contributed by atoms with Crippen LogP contribution in [0, 0.1) is 6.92 Å². The second kappa shape index (κ2) is 6.83. The van der Waals surface area contributed by atoms with Crippen molar-refractivity contribution in [3.63, 3.8) is 0 Å². The van der Waals surface area contributed by atoms with Gasteiger partial charge in [0.15, 0.2) is 0 Å². The Hall–Kier alpha value is -1.72. The van der Waals surface area contributed by atoms with Gasteiger partial charge in [-0.05, 0) is 50.2 Å². The molecular weight excluding hydrogens is 284 g/mol. The number of anilines is 1. The highest BCUT2D eigenvalue weighted by Gasteiger charge is 2.21. The number of nitrogens with one attached hydrogen (secondary N) is 1. The molecule has 2 aromatic rings. The molecule has 1 aromatic carbocycles. The molecule has 1 aromatic heterocycles. The van der Waals surface area contributed by atoms with Crippen LogP contribution in [0.15, 0.2) is 45.7 Å². The molecule has 0 saturated heterocycles. The van der Waals surface area contributed by atoms with Crippen LogP contribution in [0.2, 0.25) is 0 Å². The van der Waals surface area contributed by atoms with Crippen molar-refractivity contribution in [2.24, 2.45) is 5.73 Å². The number of nitrogens with two attached hydrogens (primary N) is 1. The highest BCUT2D eigenvalue weighted by molar-refractivity contribution is 7.99. The van der Waals surface area contributed by atoms with E-state index in [4.69, 9.17) is 10.2 Å². The number of aryl methyl sites for hydroxylation is 1. The van der Waals surface area contributed by atoms with E-state index in [2.05, 4.69) is 5.32 Å². The molecule has 0 aliphatic rings. The molecule has 112 valence electrons. The molecule has 2 unspecified atom stereocenters. The zero-order valence-electron chi connectivity index (χ0n) is 12.4. The average Bonchev–Trinajstić information content (AvgIpc) is 2.83. The summed E-state index contributed by atoms with van der Waals surface area (Å²) in [5.74, 6) is 1.70. The second-order valence-corrected chi connectivity index (χ2v) is 6.27. The Morgan fingerprint density at radius 2 is 1.90 bits per heavy atom. The topological polar surface area (TPSA) is 68.3 Å². The van der Waals surface area contributed by atoms with Crippen molar-refractivity contribution < 1.29 is 9.21 Å². The fraction of sp³-hybridized carbons (Fsp3) is 0.312. The maximum absolute atomic E-state index is 11.0. The second-order valence-electron chi connectivity index (χ2n) is 5.05. The monoisotopic (exact) mass is 304 g/mol. The van der Waals surface area contributed by atoms with Gasteiger partial charge in [0.1, 0.15) is 11.5 Å². The number of thioether (sulfide) groups is 1. The summed E-state index contributed by atoms with van der Waals surface area (Å²) in [4.78, 5) is 12.1. The summed E-state index contributed by atoms with van der Waals surface area (Å²) in [6.45, 7) is 5.39. The van der Waals surface area contributed by atoms with Crippen molar-refractivity contribution in [2.75, 3.05) is 5.32 Å². The lowest BCUT2D eigenvalue weighted by molar-refractivity contribution is -0.114. The number of furan rings is 1. The minimum absolute atomic E-state index is 0.0319. The van der Waals surface area contributed by atoms with Crippen molar-refractivity contribution >= 4 is 23.4 Å². The summed E-state index contributed by atoms with van der Waals surface area (Å²) in [5.41, 5.74) is 6.87. The first-order chi connectivity index (χ1) is 9.95. The van der Waals surface area contributed by atoms with Crippen LogP contribution in [-0.4, -0.2) is 11.9 Å². The van der Waals surface area contributed by atoms with Gasteiger partial charge >= 0.3 is 0 Å². The standard InChI is InChI=1S/C16H20N2O2S/c1-10-4-9-15(20-10)16(11(2)17)21-14-7-5-13(6-8-14)18-12(3)19/h4-9,11,16H,17H2,1-3H3,(H,18,19). The number of amides is 1. The first-order valence-corrected chi connectivity index (χ1v) is 7.70. The predicted octanol–water partition coefficient (Wildman–Crippen LogP) is 3.73. The minimum atomic E-state index is -0.0741. The zero-order chi connectivity index (χ0) is 15.4. The Kier molecular flexibility index (Phi) is 5.09. The van der Waals surface area contributed by atoms with Crippen LogP contribution in [-0.2, 0) is 4.79 Å². The van der Waals surface area contributed by atoms with E-state index in [-0.39, 0.29) is 17.2 Å². The van der Waals surface area contributed by atoms with Gasteiger partial charge in [0, 0.05) is 23.5 Å². The van der Waals surface area contributed by atoms with E-state index in [1.807, 2.05) is 50.2 Å². The molecule has 3 N–H and O–H groups in total. The average molecular weight is 304 g/mol. The Labute approximate surface area is 129 Å². The SMILES string of the molecule is CC(=O)Nc1ccc(SC(c2ccc(C)o2)C(C)N)cc1. The fourth-order valence-corrected chi connectivity index (χ4v) is 3.04. The fourth-order valence-electron chi connectivity index (χ4n) is 2.00. The first kappa shape index (κ1) is 15.7. The first-order valence-electron chi connectivity index (χ1n) is 6.82. The molecule has 0 fully saturated rings. The zero-order valence-corrected chi connectivity index (χ0v) is 13.2. The van der Waals surface area contributed by atoms with E-state index < -0.39 is 0 Å². The third kappa shape index (κ3) is 4.37. The number of rotatable bonds is 5. The molecular formula is C16H20N2O2S. The number of benzene rings is 1. The van der Waals surface area contributed by atoms with E-state index in [1.165, 1.54) is 6.92 Å². The van der Waals surface area contributed by atoms with Gasteiger partial charge in [-0.2, -0.15) is 0 Å². The lowest BCUT2D eigenvalue weighted by Gasteiger charge is -2.18. The molecule has 2 atom stereocenters. The lowest BCUT2D eigenvalue weighted by atomic mass is 10.2. The van der Waals surface area contributed by atoms with Crippen LogP contribution < -0.4 is 11.1 Å². The van der Waals surface area contributed by atoms with E-state index in [0.717, 1.165) is 22.1 Å². The number of carbonyl (C=O) groups excluding carboxylic acids is 1. The predicted molar refractivity (Wildman–Crippen MR) is 86.4 cm³/mol. The van der Waals surface area contributed by atoms with E-state index in [9.17, 15) is 4.79 Å². The third-order valence-electron chi connectivity index (χ3n) is 2.96. The van der Waals surface area contributed by atoms with Gasteiger partial charge in [0.25, 0.3) is 0 Å². The van der Waals surface area contributed by atoms with Crippen LogP contribution in [0.4, 0.5) is 5.69 Å². The Bertz CT molecular complexity index is 605. The molecule has 2 rings (SSSR count). The number of carbonyl (C=O) groups is 1. The highest BCUT2D eigenvalue weighted by atomic mass is 32.2. The maximum atomic E-state index is 11.0. The molecule has 0 radical (unpaired) electrons. The Balaban J connectivity index is 2.12. The van der Waals surface area contributed by atoms with Crippen LogP contribution >= 0.6 is 11.8 Å². The summed E-state index contributed by atoms with van der Waals surface area (Å²) in [6.07, 6.45) is 0. The summed E-state index contributed by atoms with van der Waals surface area (Å²) < 4.78 is 5.70. The van der Waals surface area contributed by atoms with Crippen LogP contribution in [0.25, 0.3) is 0 Å². The maximum Gasteiger partial charge on any atom is 0.221 e. The Morgan fingerprint density at radius 3 is 2.38 bits per heavy atom. The molecule has 0 bridgehead atoms. The largest absolute Gasteiger partial charge is 0.465 e. The smallest absolute Gasteiger partial charge is 0.221 e. The van der Waals surface area contributed by atoms with Crippen LogP contribution in [0.5, 0.6) is 0 Å². The van der Waals surface area contributed by atoms with Crippen LogP contribution in [0.1, 0.15) is 30.6 Å².